The molecule has 0 bridgehead atoms. The van der Waals surface area contributed by atoms with Gasteiger partial charge in [-0.2, -0.15) is 0 Å². The van der Waals surface area contributed by atoms with E-state index in [1.165, 1.54) is 5.56 Å². The fourth-order valence-electron chi connectivity index (χ4n) is 2.00. The first-order valence-electron chi connectivity index (χ1n) is 5.93. The van der Waals surface area contributed by atoms with Crippen LogP contribution in [0.15, 0.2) is 54.6 Å². The van der Waals surface area contributed by atoms with E-state index in [0.717, 1.165) is 17.9 Å². The summed E-state index contributed by atoms with van der Waals surface area (Å²) >= 11 is 3.65. The Balaban J connectivity index is 1.67. The van der Waals surface area contributed by atoms with Crippen molar-refractivity contribution in [1.82, 2.24) is 0 Å². The average Bonchev–Trinajstić information content (AvgIpc) is 2.84. The molecule has 0 saturated carbocycles. The van der Waals surface area contributed by atoms with Gasteiger partial charge in [-0.1, -0.05) is 58.4 Å². The van der Waals surface area contributed by atoms with Gasteiger partial charge in [0.2, 0.25) is 0 Å². The maximum atomic E-state index is 5.77. The number of para-hydroxylation sites is 2. The Bertz CT molecular complexity index is 507. The van der Waals surface area contributed by atoms with Crippen molar-refractivity contribution < 1.29 is 9.31 Å². The van der Waals surface area contributed by atoms with Gasteiger partial charge >= 0.3 is 7.12 Å². The number of benzene rings is 2. The molecular formula is C14H12BBrO2. The molecule has 0 aromatic heterocycles. The highest BCUT2D eigenvalue weighted by atomic mass is 79.9. The maximum Gasteiger partial charge on any atom is 0.609 e. The second-order valence-corrected chi connectivity index (χ2v) is 5.43. The van der Waals surface area contributed by atoms with E-state index in [1.807, 2.05) is 42.5 Å². The lowest BCUT2D eigenvalue weighted by atomic mass is 9.81. The first-order chi connectivity index (χ1) is 8.83. The highest BCUT2D eigenvalue weighted by Crippen LogP contribution is 2.34. The van der Waals surface area contributed by atoms with Crippen LogP contribution in [0.3, 0.4) is 0 Å². The molecule has 0 spiro atoms. The van der Waals surface area contributed by atoms with Crippen molar-refractivity contribution in [3.8, 4) is 11.5 Å². The van der Waals surface area contributed by atoms with Crippen LogP contribution < -0.4 is 9.31 Å². The summed E-state index contributed by atoms with van der Waals surface area (Å²) in [6.45, 7) is 0. The Labute approximate surface area is 115 Å². The first-order valence-corrected chi connectivity index (χ1v) is 6.85. The number of hydrogen-bond acceptors (Lipinski definition) is 2. The fourth-order valence-corrected chi connectivity index (χ4v) is 2.59. The molecule has 0 amide bonds. The van der Waals surface area contributed by atoms with E-state index in [2.05, 4.69) is 28.1 Å². The summed E-state index contributed by atoms with van der Waals surface area (Å²) in [5.41, 5.74) is 1.27. The molecule has 90 valence electrons. The van der Waals surface area contributed by atoms with Crippen molar-refractivity contribution in [2.24, 2.45) is 0 Å². The van der Waals surface area contributed by atoms with Crippen LogP contribution in [0.4, 0.5) is 0 Å². The Hall–Kier alpha value is -1.42. The molecule has 3 rings (SSSR count). The summed E-state index contributed by atoms with van der Waals surface area (Å²) in [6.07, 6.45) is 0.874. The second kappa shape index (κ2) is 5.06. The smallest absolute Gasteiger partial charge is 0.522 e. The minimum atomic E-state index is -0.261. The Kier molecular flexibility index (Phi) is 3.28. The number of fused-ring (bicyclic) bond motifs is 1. The second-order valence-electron chi connectivity index (χ2n) is 4.26. The molecule has 2 aromatic rings. The zero-order valence-electron chi connectivity index (χ0n) is 9.75. The van der Waals surface area contributed by atoms with Crippen LogP contribution >= 0.6 is 15.9 Å². The van der Waals surface area contributed by atoms with Gasteiger partial charge < -0.3 is 9.31 Å². The molecule has 4 heteroatoms. The molecule has 0 radical (unpaired) electrons. The first kappa shape index (κ1) is 11.7. The van der Waals surface area contributed by atoms with E-state index in [-0.39, 0.29) is 11.8 Å². The fraction of sp³-hybridized carbons (Fsp3) is 0.143. The van der Waals surface area contributed by atoms with Gasteiger partial charge in [-0.15, -0.1) is 0 Å². The lowest BCUT2D eigenvalue weighted by Gasteiger charge is -2.11. The molecule has 1 aliphatic rings. The summed E-state index contributed by atoms with van der Waals surface area (Å²) in [6, 6.07) is 18.1. The van der Waals surface area contributed by atoms with Crippen molar-refractivity contribution in [3.63, 3.8) is 0 Å². The highest BCUT2D eigenvalue weighted by Gasteiger charge is 2.38. The van der Waals surface area contributed by atoms with E-state index in [4.69, 9.17) is 9.31 Å². The van der Waals surface area contributed by atoms with Gasteiger partial charge in [0, 0.05) is 0 Å². The van der Waals surface area contributed by atoms with E-state index >= 15 is 0 Å². The van der Waals surface area contributed by atoms with Crippen LogP contribution in [0.25, 0.3) is 0 Å². The largest absolute Gasteiger partial charge is 0.609 e. The van der Waals surface area contributed by atoms with Crippen molar-refractivity contribution >= 4 is 23.0 Å². The van der Waals surface area contributed by atoms with E-state index in [0.29, 0.717) is 0 Å². The van der Waals surface area contributed by atoms with E-state index in [9.17, 15) is 0 Å². The van der Waals surface area contributed by atoms with Crippen LogP contribution in [0.1, 0.15) is 5.56 Å². The van der Waals surface area contributed by atoms with Gasteiger partial charge in [0.05, 0.1) is 4.73 Å². The van der Waals surface area contributed by atoms with Gasteiger partial charge in [-0.05, 0) is 24.1 Å². The lowest BCUT2D eigenvalue weighted by molar-refractivity contribution is 0.493. The quantitative estimate of drug-likeness (QED) is 0.638. The summed E-state index contributed by atoms with van der Waals surface area (Å²) in [4.78, 5) is 0. The van der Waals surface area contributed by atoms with Crippen LogP contribution in [0.2, 0.25) is 0 Å². The third kappa shape index (κ3) is 2.39. The summed E-state index contributed by atoms with van der Waals surface area (Å²) in [7, 11) is -0.261. The van der Waals surface area contributed by atoms with Crippen molar-refractivity contribution in [2.75, 3.05) is 0 Å². The van der Waals surface area contributed by atoms with Gasteiger partial charge in [0.15, 0.2) is 0 Å². The zero-order chi connectivity index (χ0) is 12.4. The lowest BCUT2D eigenvalue weighted by Crippen LogP contribution is -2.36. The predicted molar refractivity (Wildman–Crippen MR) is 76.3 cm³/mol. The topological polar surface area (TPSA) is 18.5 Å². The molecule has 0 N–H and O–H groups in total. The summed E-state index contributed by atoms with van der Waals surface area (Å²) in [5, 5.41) is 0. The van der Waals surface area contributed by atoms with Gasteiger partial charge in [-0.25, -0.2) is 0 Å². The Morgan fingerprint density at radius 2 is 1.44 bits per heavy atom. The molecule has 1 atom stereocenters. The average molecular weight is 303 g/mol. The van der Waals surface area contributed by atoms with Crippen LogP contribution in [-0.2, 0) is 6.42 Å². The van der Waals surface area contributed by atoms with Gasteiger partial charge in [0.1, 0.15) is 11.5 Å². The third-order valence-corrected chi connectivity index (χ3v) is 3.66. The Morgan fingerprint density at radius 3 is 2.06 bits per heavy atom. The molecule has 0 aliphatic carbocycles. The maximum absolute atomic E-state index is 5.77. The third-order valence-electron chi connectivity index (χ3n) is 2.90. The zero-order valence-corrected chi connectivity index (χ0v) is 11.3. The molecule has 0 saturated heterocycles. The number of hydrogen-bond donors (Lipinski definition) is 0. The van der Waals surface area contributed by atoms with Crippen LogP contribution in [0.5, 0.6) is 11.5 Å². The van der Waals surface area contributed by atoms with Gasteiger partial charge in [-0.3, -0.25) is 0 Å². The van der Waals surface area contributed by atoms with Crippen molar-refractivity contribution in [2.45, 2.75) is 11.1 Å². The van der Waals surface area contributed by atoms with E-state index < -0.39 is 0 Å². The number of rotatable bonds is 3. The molecule has 1 heterocycles. The molecule has 1 unspecified atom stereocenters. The van der Waals surface area contributed by atoms with Crippen LogP contribution in [0, 0.1) is 0 Å². The number of halogens is 1. The minimum Gasteiger partial charge on any atom is -0.522 e. The normalized spacial score (nSPS) is 14.6. The molecule has 2 aromatic carbocycles. The SMILES string of the molecule is BrC(Cc1ccccc1)B1Oc2ccccc2O1. The van der Waals surface area contributed by atoms with Gasteiger partial charge in [0.25, 0.3) is 0 Å². The number of alkyl halides is 1. The monoisotopic (exact) mass is 302 g/mol. The molecular weight excluding hydrogens is 291 g/mol. The molecule has 0 fully saturated rings. The Morgan fingerprint density at radius 1 is 0.889 bits per heavy atom. The molecule has 1 aliphatic heterocycles. The minimum absolute atomic E-state index is 0.132. The van der Waals surface area contributed by atoms with Crippen LogP contribution in [-0.4, -0.2) is 11.8 Å². The molecule has 2 nitrogen and oxygen atoms in total. The summed E-state index contributed by atoms with van der Waals surface area (Å²) in [5.74, 6) is 1.64. The predicted octanol–water partition coefficient (Wildman–Crippen LogP) is 3.49. The molecule has 18 heavy (non-hydrogen) atoms. The summed E-state index contributed by atoms with van der Waals surface area (Å²) < 4.78 is 11.7. The van der Waals surface area contributed by atoms with Crippen molar-refractivity contribution in [1.29, 1.82) is 0 Å². The standard InChI is InChI=1S/C14H12BBrO2/c16-14(10-11-6-2-1-3-7-11)15-17-12-8-4-5-9-13(12)18-15/h1-9,14H,10H2. The highest BCUT2D eigenvalue weighted by molar-refractivity contribution is 9.10. The van der Waals surface area contributed by atoms with Crippen molar-refractivity contribution in [3.05, 3.63) is 60.2 Å². The van der Waals surface area contributed by atoms with E-state index in [1.54, 1.807) is 0 Å².